The number of nitrogens with zero attached hydrogens (tertiary/aromatic N) is 1. The number of hydrogen-bond acceptors (Lipinski definition) is 3. The van der Waals surface area contributed by atoms with Gasteiger partial charge in [0.2, 0.25) is 0 Å². The van der Waals surface area contributed by atoms with Crippen molar-refractivity contribution in [1.29, 1.82) is 0 Å². The van der Waals surface area contributed by atoms with Crippen molar-refractivity contribution in [3.63, 3.8) is 0 Å². The van der Waals surface area contributed by atoms with E-state index in [0.29, 0.717) is 5.70 Å². The van der Waals surface area contributed by atoms with Crippen LogP contribution < -0.4 is 5.32 Å². The molecule has 0 aliphatic carbocycles. The summed E-state index contributed by atoms with van der Waals surface area (Å²) in [5.41, 5.74) is 0.337. The summed E-state index contributed by atoms with van der Waals surface area (Å²) in [4.78, 5) is 25.9. The van der Waals surface area contributed by atoms with Crippen molar-refractivity contribution >= 4 is 29.4 Å². The van der Waals surface area contributed by atoms with Gasteiger partial charge in [0, 0.05) is 16.8 Å². The van der Waals surface area contributed by atoms with Crippen molar-refractivity contribution in [2.45, 2.75) is 6.92 Å². The van der Waals surface area contributed by atoms with E-state index in [-0.39, 0.29) is 11.9 Å². The largest absolute Gasteiger partial charge is 0.328 e. The van der Waals surface area contributed by atoms with Crippen molar-refractivity contribution in [1.82, 2.24) is 10.2 Å². The van der Waals surface area contributed by atoms with Gasteiger partial charge in [-0.3, -0.25) is 9.69 Å². The number of nitrogens with one attached hydrogen (secondary N) is 1. The second kappa shape index (κ2) is 3.51. The Balaban J connectivity index is 2.29. The fourth-order valence-corrected chi connectivity index (χ4v) is 2.12. The highest BCUT2D eigenvalue weighted by molar-refractivity contribution is 7.12. The molecule has 3 amide bonds. The number of urea groups is 1. The number of imide groups is 1. The Hall–Kier alpha value is -1.62. The lowest BCUT2D eigenvalue weighted by Crippen LogP contribution is -2.25. The number of thiophene rings is 1. The maximum absolute atomic E-state index is 11.5. The Kier molecular flexibility index (Phi) is 2.32. The minimum absolute atomic E-state index is 0.286. The third-order valence-electron chi connectivity index (χ3n) is 2.13. The molecule has 0 aromatic carbocycles. The first-order chi connectivity index (χ1) is 7.08. The van der Waals surface area contributed by atoms with E-state index in [4.69, 9.17) is 0 Å². The van der Waals surface area contributed by atoms with E-state index in [0.717, 1.165) is 9.78 Å². The van der Waals surface area contributed by atoms with Gasteiger partial charge in [0.05, 0.1) is 0 Å². The SMILES string of the molecule is Cc1ccc(/C=C2/NC(=O)N(C)C2=O)s1. The fraction of sp³-hybridized carbons (Fsp3) is 0.200. The Bertz CT molecular complexity index is 462. The number of carbonyl (C=O) groups excluding carboxylic acids is 2. The molecule has 1 aromatic rings. The van der Waals surface area contributed by atoms with E-state index >= 15 is 0 Å². The molecule has 1 aromatic heterocycles. The second-order valence-corrected chi connectivity index (χ2v) is 4.62. The van der Waals surface area contributed by atoms with Crippen LogP contribution in [0, 0.1) is 6.92 Å². The molecule has 2 heterocycles. The number of hydrogen-bond donors (Lipinski definition) is 1. The second-order valence-electron chi connectivity index (χ2n) is 3.30. The predicted octanol–water partition coefficient (Wildman–Crippen LogP) is 1.58. The highest BCUT2D eigenvalue weighted by atomic mass is 32.1. The molecule has 0 saturated carbocycles. The Morgan fingerprint density at radius 1 is 1.40 bits per heavy atom. The molecule has 4 nitrogen and oxygen atoms in total. The first kappa shape index (κ1) is 9.92. The molecule has 1 N–H and O–H groups in total. The lowest BCUT2D eigenvalue weighted by atomic mass is 10.3. The van der Waals surface area contributed by atoms with Crippen LogP contribution in [-0.4, -0.2) is 23.9 Å². The summed E-state index contributed by atoms with van der Waals surface area (Å²) in [6.07, 6.45) is 1.70. The fourth-order valence-electron chi connectivity index (χ4n) is 1.30. The molecule has 1 saturated heterocycles. The lowest BCUT2D eigenvalue weighted by molar-refractivity contribution is -0.121. The summed E-state index contributed by atoms with van der Waals surface area (Å²) in [6.45, 7) is 1.99. The number of aryl methyl sites for hydroxylation is 1. The molecule has 0 spiro atoms. The van der Waals surface area contributed by atoms with Gasteiger partial charge in [0.25, 0.3) is 5.91 Å². The van der Waals surface area contributed by atoms with E-state index in [2.05, 4.69) is 5.32 Å². The van der Waals surface area contributed by atoms with E-state index in [1.807, 2.05) is 19.1 Å². The van der Waals surface area contributed by atoms with Gasteiger partial charge in [-0.25, -0.2) is 4.79 Å². The first-order valence-corrected chi connectivity index (χ1v) is 5.27. The smallest absolute Gasteiger partial charge is 0.303 e. The Morgan fingerprint density at radius 3 is 2.60 bits per heavy atom. The summed E-state index contributed by atoms with van der Waals surface area (Å²) >= 11 is 1.58. The molecule has 0 radical (unpaired) electrons. The van der Waals surface area contributed by atoms with Crippen molar-refractivity contribution in [2.75, 3.05) is 7.05 Å². The topological polar surface area (TPSA) is 49.4 Å². The van der Waals surface area contributed by atoms with E-state index < -0.39 is 0 Å². The molecule has 1 fully saturated rings. The van der Waals surface area contributed by atoms with Crippen LogP contribution in [0.1, 0.15) is 9.75 Å². The van der Waals surface area contributed by atoms with Gasteiger partial charge >= 0.3 is 6.03 Å². The zero-order valence-corrected chi connectivity index (χ0v) is 9.22. The van der Waals surface area contributed by atoms with Gasteiger partial charge in [0.15, 0.2) is 0 Å². The molecular weight excluding hydrogens is 212 g/mol. The van der Waals surface area contributed by atoms with Crippen LogP contribution in [0.15, 0.2) is 17.8 Å². The third-order valence-corrected chi connectivity index (χ3v) is 3.08. The summed E-state index contributed by atoms with van der Waals surface area (Å²) in [6, 6.07) is 3.52. The van der Waals surface area contributed by atoms with E-state index in [1.165, 1.54) is 11.9 Å². The highest BCUT2D eigenvalue weighted by Gasteiger charge is 2.29. The standard InChI is InChI=1S/C10H10N2O2S/c1-6-3-4-7(15-6)5-8-9(13)12(2)10(14)11-8/h3-5H,1-2H3,(H,11,14)/b8-5+. The summed E-state index contributed by atoms with van der Waals surface area (Å²) in [7, 11) is 1.46. The van der Waals surface area contributed by atoms with Crippen molar-refractivity contribution < 1.29 is 9.59 Å². The minimum Gasteiger partial charge on any atom is -0.303 e. The minimum atomic E-state index is -0.375. The normalized spacial score (nSPS) is 18.8. The molecule has 5 heteroatoms. The van der Waals surface area contributed by atoms with Crippen LogP contribution in [0.3, 0.4) is 0 Å². The highest BCUT2D eigenvalue weighted by Crippen LogP contribution is 2.19. The van der Waals surface area contributed by atoms with Gasteiger partial charge in [-0.05, 0) is 25.1 Å². The molecule has 15 heavy (non-hydrogen) atoms. The number of amides is 3. The molecule has 78 valence electrons. The molecule has 0 bridgehead atoms. The van der Waals surface area contributed by atoms with Gasteiger partial charge in [-0.15, -0.1) is 11.3 Å². The third kappa shape index (κ3) is 1.78. The average molecular weight is 222 g/mol. The monoisotopic (exact) mass is 222 g/mol. The van der Waals surface area contributed by atoms with Gasteiger partial charge in [0.1, 0.15) is 5.70 Å². The Morgan fingerprint density at radius 2 is 2.13 bits per heavy atom. The zero-order chi connectivity index (χ0) is 11.0. The van der Waals surface area contributed by atoms with Gasteiger partial charge < -0.3 is 5.32 Å². The zero-order valence-electron chi connectivity index (χ0n) is 8.40. The summed E-state index contributed by atoms with van der Waals surface area (Å²) < 4.78 is 0. The van der Waals surface area contributed by atoms with Gasteiger partial charge in [-0.2, -0.15) is 0 Å². The van der Waals surface area contributed by atoms with E-state index in [1.54, 1.807) is 17.4 Å². The van der Waals surface area contributed by atoms with E-state index in [9.17, 15) is 9.59 Å². The predicted molar refractivity (Wildman–Crippen MR) is 58.3 cm³/mol. The summed E-state index contributed by atoms with van der Waals surface area (Å²) in [5, 5.41) is 2.52. The number of carbonyl (C=O) groups is 2. The van der Waals surface area contributed by atoms with Crippen molar-refractivity contribution in [3.05, 3.63) is 27.6 Å². The first-order valence-electron chi connectivity index (χ1n) is 4.45. The molecule has 0 unspecified atom stereocenters. The number of rotatable bonds is 1. The van der Waals surface area contributed by atoms with Crippen LogP contribution in [0.2, 0.25) is 0 Å². The maximum Gasteiger partial charge on any atom is 0.328 e. The van der Waals surface area contributed by atoms with Crippen molar-refractivity contribution in [3.8, 4) is 0 Å². The molecule has 1 aliphatic heterocycles. The molecule has 1 aliphatic rings. The Labute approximate surface area is 91.2 Å². The number of likely N-dealkylation sites (N-methyl/N-ethyl adjacent to an activating group) is 1. The van der Waals surface area contributed by atoms with Crippen LogP contribution in [-0.2, 0) is 4.79 Å². The maximum atomic E-state index is 11.5. The molecular formula is C10H10N2O2S. The van der Waals surface area contributed by atoms with Crippen LogP contribution in [0.5, 0.6) is 0 Å². The van der Waals surface area contributed by atoms with Crippen LogP contribution in [0.4, 0.5) is 4.79 Å². The van der Waals surface area contributed by atoms with Crippen LogP contribution >= 0.6 is 11.3 Å². The molecule has 2 rings (SSSR count). The lowest BCUT2D eigenvalue weighted by Gasteiger charge is -1.99. The van der Waals surface area contributed by atoms with Gasteiger partial charge in [-0.1, -0.05) is 0 Å². The van der Waals surface area contributed by atoms with Crippen LogP contribution in [0.25, 0.3) is 6.08 Å². The van der Waals surface area contributed by atoms with Crippen molar-refractivity contribution in [2.24, 2.45) is 0 Å². The quantitative estimate of drug-likeness (QED) is 0.579. The molecule has 0 atom stereocenters. The average Bonchev–Trinajstić information content (AvgIpc) is 2.68. The summed E-state index contributed by atoms with van der Waals surface area (Å²) in [5.74, 6) is -0.286.